The highest BCUT2D eigenvalue weighted by Crippen LogP contribution is 2.36. The maximum Gasteiger partial charge on any atom is 0.510 e. The van der Waals surface area contributed by atoms with Crippen LogP contribution >= 0.6 is 0 Å². The Kier molecular flexibility index (Phi) is 24.0. The van der Waals surface area contributed by atoms with Crippen molar-refractivity contribution < 1.29 is 105 Å². The standard InChI is InChI=1S/C36H57N3O11Si4.C24H25N3O11/c1-43-35(41)38-34-37-26-21-25(29(40)24-17-15-14-16-18-24)19-20-27(26)39(34)23-45-36(42)44-22-28-30(47-51(2,3)4)31(48-52(5,6)7)32(49-53(8,9)10)33(46-28)50-54(11,12)13;1-35-23(33)26-22-25-14-9-13(17(28)12-5-3-2-4-6-12)7-8-15(14)27(22)11-37-24(34)36-10-16-18(29)19(30)20(31)21(32)38-16/h14-21,28,30-33H,22-23H2,1-13H3,(H,37,38,41);2-9,16,18-21,29-32H,10-11H2,1H3,(H,25,26,33). The molecule has 4 aromatic carbocycles. The van der Waals surface area contributed by atoms with Crippen molar-refractivity contribution >= 4 is 103 Å². The molecule has 500 valence electrons. The van der Waals surface area contributed by atoms with Crippen LogP contribution in [-0.2, 0) is 69.1 Å². The number of fused-ring (bicyclic) bond motifs is 2. The summed E-state index contributed by atoms with van der Waals surface area (Å²) >= 11 is 0. The Labute approximate surface area is 535 Å². The molecule has 0 saturated carbocycles. The molecule has 2 aliphatic heterocycles. The predicted octanol–water partition coefficient (Wildman–Crippen LogP) is 8.15. The molecule has 6 N–H and O–H groups in total. The minimum Gasteiger partial charge on any atom is -0.453 e. The molecular formula is C60H82N6O22Si4. The van der Waals surface area contributed by atoms with Crippen molar-refractivity contribution in [1.29, 1.82) is 0 Å². The summed E-state index contributed by atoms with van der Waals surface area (Å²) in [7, 11) is -6.34. The lowest BCUT2D eigenvalue weighted by Crippen LogP contribution is -2.67. The third-order valence-corrected chi connectivity index (χ3v) is 17.3. The van der Waals surface area contributed by atoms with Gasteiger partial charge in [0.15, 0.2) is 70.9 Å². The number of ketones is 2. The van der Waals surface area contributed by atoms with Crippen LogP contribution in [0.1, 0.15) is 31.8 Å². The summed E-state index contributed by atoms with van der Waals surface area (Å²) in [5.41, 5.74) is 3.34. The summed E-state index contributed by atoms with van der Waals surface area (Å²) < 4.78 is 72.0. The number of nitrogens with zero attached hydrogens (tertiary/aromatic N) is 4. The molecule has 2 saturated heterocycles. The molecule has 2 amide bonds. The number of amides is 2. The highest BCUT2D eigenvalue weighted by atomic mass is 28.4. The van der Waals surface area contributed by atoms with Gasteiger partial charge in [0.1, 0.15) is 62.0 Å². The average Bonchev–Trinajstić information content (AvgIpc) is 1.12. The van der Waals surface area contributed by atoms with Crippen molar-refractivity contribution in [2.45, 2.75) is 153 Å². The first-order valence-electron chi connectivity index (χ1n) is 29.4. The Hall–Kier alpha value is -7.29. The molecule has 2 fully saturated rings. The molecule has 0 spiro atoms. The van der Waals surface area contributed by atoms with Crippen LogP contribution in [0.5, 0.6) is 0 Å². The number of rotatable bonds is 22. The maximum absolute atomic E-state index is 13.3. The van der Waals surface area contributed by atoms with E-state index in [-0.39, 0.29) is 36.8 Å². The molecular weight excluding hydrogens is 1270 g/mol. The molecule has 10 unspecified atom stereocenters. The molecule has 0 bridgehead atoms. The number of aliphatic hydroxyl groups is 4. The molecule has 10 atom stereocenters. The van der Waals surface area contributed by atoms with E-state index in [4.69, 9.17) is 50.9 Å². The minimum atomic E-state index is -2.22. The number of imidazole rings is 2. The number of hydrogen-bond acceptors (Lipinski definition) is 24. The zero-order valence-electron chi connectivity index (χ0n) is 53.8. The highest BCUT2D eigenvalue weighted by molar-refractivity contribution is 6.71. The second kappa shape index (κ2) is 30.6. The SMILES string of the molecule is COC(=O)Nc1nc2cc(C(=O)c3ccccc3)ccc2n1COC(=O)OCC1OC(O)C(O)C(O)C1O.COC(=O)Nc1nc2cc(C(=O)c3ccccc3)ccc2n1COC(=O)OCC1OC(O[Si](C)(C)C)C(O[Si](C)(C)C)C(O[Si](C)(C)C)C1O[Si](C)(C)C. The van der Waals surface area contributed by atoms with E-state index < -0.39 is 133 Å². The number of hydrogen-bond donors (Lipinski definition) is 6. The number of methoxy groups -OCH3 is 2. The van der Waals surface area contributed by atoms with E-state index in [0.29, 0.717) is 44.3 Å². The molecule has 92 heavy (non-hydrogen) atoms. The quantitative estimate of drug-likeness (QED) is 0.0161. The fourth-order valence-corrected chi connectivity index (χ4v) is 13.7. The zero-order chi connectivity index (χ0) is 67.6. The molecule has 28 nitrogen and oxygen atoms in total. The van der Waals surface area contributed by atoms with Crippen LogP contribution in [0.15, 0.2) is 97.1 Å². The monoisotopic (exact) mass is 1350 g/mol. The topological polar surface area (TPSA) is 354 Å². The first kappa shape index (κ1) is 72.1. The molecule has 6 aromatic rings. The number of carbonyl (C=O) groups excluding carboxylic acids is 6. The van der Waals surface area contributed by atoms with Gasteiger partial charge in [-0.15, -0.1) is 0 Å². The van der Waals surface area contributed by atoms with Gasteiger partial charge in [0.25, 0.3) is 0 Å². The van der Waals surface area contributed by atoms with Crippen LogP contribution in [-0.4, -0.2) is 198 Å². The summed E-state index contributed by atoms with van der Waals surface area (Å²) in [6, 6.07) is 27.0. The molecule has 2 aromatic heterocycles. The summed E-state index contributed by atoms with van der Waals surface area (Å²) in [4.78, 5) is 84.3. The van der Waals surface area contributed by atoms with Crippen LogP contribution in [0.4, 0.5) is 31.1 Å². The highest BCUT2D eigenvalue weighted by Gasteiger charge is 2.53. The number of aromatic nitrogens is 4. The third kappa shape index (κ3) is 19.9. The number of benzene rings is 4. The van der Waals surface area contributed by atoms with E-state index in [9.17, 15) is 49.2 Å². The maximum atomic E-state index is 13.3. The molecule has 0 radical (unpaired) electrons. The molecule has 32 heteroatoms. The van der Waals surface area contributed by atoms with E-state index in [1.54, 1.807) is 84.9 Å². The van der Waals surface area contributed by atoms with Crippen molar-refractivity contribution in [3.05, 3.63) is 119 Å². The van der Waals surface area contributed by atoms with Gasteiger partial charge in [-0.3, -0.25) is 29.4 Å². The third-order valence-electron chi connectivity index (χ3n) is 13.5. The van der Waals surface area contributed by atoms with Crippen LogP contribution < -0.4 is 10.6 Å². The zero-order valence-corrected chi connectivity index (χ0v) is 57.8. The predicted molar refractivity (Wildman–Crippen MR) is 343 cm³/mol. The molecule has 2 aliphatic rings. The normalized spacial score (nSPS) is 21.9. The van der Waals surface area contributed by atoms with E-state index in [0.717, 1.165) is 7.11 Å². The van der Waals surface area contributed by atoms with Gasteiger partial charge in [-0.05, 0) is 115 Å². The van der Waals surface area contributed by atoms with E-state index in [1.807, 2.05) is 6.07 Å². The first-order chi connectivity index (χ1) is 43.1. The van der Waals surface area contributed by atoms with E-state index in [1.165, 1.54) is 22.3 Å². The van der Waals surface area contributed by atoms with Gasteiger partial charge < -0.3 is 76.0 Å². The summed E-state index contributed by atoms with van der Waals surface area (Å²) in [5, 5.41) is 43.7. The smallest absolute Gasteiger partial charge is 0.453 e. The Balaban J connectivity index is 0.000000277. The second-order valence-corrected chi connectivity index (χ2v) is 43.2. The van der Waals surface area contributed by atoms with Crippen molar-refractivity contribution in [1.82, 2.24) is 19.1 Å². The van der Waals surface area contributed by atoms with E-state index >= 15 is 0 Å². The Morgan fingerprint density at radius 2 is 0.870 bits per heavy atom. The van der Waals surface area contributed by atoms with Crippen molar-refractivity contribution in [3.63, 3.8) is 0 Å². The van der Waals surface area contributed by atoms with Gasteiger partial charge in [-0.1, -0.05) is 60.7 Å². The van der Waals surface area contributed by atoms with Gasteiger partial charge in [-0.2, -0.15) is 0 Å². The lowest BCUT2D eigenvalue weighted by molar-refractivity contribution is -0.287. The van der Waals surface area contributed by atoms with E-state index in [2.05, 4.69) is 104 Å². The number of ether oxygens (including phenoxy) is 8. The first-order valence-corrected chi connectivity index (χ1v) is 43.0. The van der Waals surface area contributed by atoms with Crippen molar-refractivity contribution in [2.75, 3.05) is 38.1 Å². The molecule has 8 rings (SSSR count). The summed E-state index contributed by atoms with van der Waals surface area (Å²) in [6.07, 6.45) is -15.3. The number of carbonyl (C=O) groups is 6. The van der Waals surface area contributed by atoms with Crippen molar-refractivity contribution in [2.24, 2.45) is 0 Å². The van der Waals surface area contributed by atoms with Gasteiger partial charge in [-0.25, -0.2) is 29.1 Å². The van der Waals surface area contributed by atoms with Gasteiger partial charge in [0.2, 0.25) is 11.9 Å². The van der Waals surface area contributed by atoms with Gasteiger partial charge >= 0.3 is 24.5 Å². The van der Waals surface area contributed by atoms with Gasteiger partial charge in [0, 0.05) is 22.3 Å². The number of aliphatic hydroxyl groups excluding tert-OH is 4. The molecule has 0 aliphatic carbocycles. The van der Waals surface area contributed by atoms with Crippen LogP contribution in [0.25, 0.3) is 22.1 Å². The minimum absolute atomic E-state index is 0.0410. The van der Waals surface area contributed by atoms with Crippen LogP contribution in [0.2, 0.25) is 78.6 Å². The second-order valence-electron chi connectivity index (χ2n) is 25.3. The Morgan fingerprint density at radius 3 is 1.28 bits per heavy atom. The fourth-order valence-electron chi connectivity index (χ4n) is 9.56. The van der Waals surface area contributed by atoms with Gasteiger partial charge in [0.05, 0.1) is 36.3 Å². The summed E-state index contributed by atoms with van der Waals surface area (Å²) in [6.45, 7) is 23.5. The Bertz CT molecular complexity index is 3540. The molecule has 4 heterocycles. The Morgan fingerprint density at radius 1 is 0.467 bits per heavy atom. The van der Waals surface area contributed by atoms with Crippen LogP contribution in [0.3, 0.4) is 0 Å². The number of anilines is 2. The fraction of sp³-hybridized carbons (Fsp3) is 0.467. The number of nitrogens with one attached hydrogen (secondary N) is 2. The lowest BCUT2D eigenvalue weighted by atomic mass is 9.99. The summed E-state index contributed by atoms with van der Waals surface area (Å²) in [5.74, 6) is -0.433. The largest absolute Gasteiger partial charge is 0.510 e. The van der Waals surface area contributed by atoms with Crippen molar-refractivity contribution in [3.8, 4) is 0 Å². The van der Waals surface area contributed by atoms with Crippen LogP contribution in [0, 0.1) is 0 Å². The lowest BCUT2D eigenvalue weighted by Gasteiger charge is -2.51. The average molecular weight is 1350 g/mol.